The third-order valence-corrected chi connectivity index (χ3v) is 16.4. The summed E-state index contributed by atoms with van der Waals surface area (Å²) in [6.45, 7) is 14.1. The summed E-state index contributed by atoms with van der Waals surface area (Å²) in [5, 5.41) is 8.27. The maximum atomic E-state index is 15.1. The monoisotopic (exact) mass is 779 g/mol. The molecule has 2 spiro atoms. The van der Waals surface area contributed by atoms with E-state index in [2.05, 4.69) is 51.1 Å². The van der Waals surface area contributed by atoms with Crippen LogP contribution in [-0.2, 0) is 29.2 Å². The minimum Gasteiger partial charge on any atom is -0.342 e. The first-order valence-corrected chi connectivity index (χ1v) is 21.6. The first-order valence-electron chi connectivity index (χ1n) is 20.0. The molecule has 6 aliphatic rings. The van der Waals surface area contributed by atoms with Crippen LogP contribution in [0.5, 0.6) is 0 Å². The number of nitrogens with one attached hydrogen (secondary N) is 4. The molecule has 55 heavy (non-hydrogen) atoms. The molecule has 0 radical (unpaired) electrons. The molecule has 2 heterocycles. The highest BCUT2D eigenvalue weighted by Crippen LogP contribution is 2.88. The summed E-state index contributed by atoms with van der Waals surface area (Å²) in [5.74, 6) is -3.32. The molecule has 5 aliphatic carbocycles. The molecule has 0 aromatic carbocycles. The lowest BCUT2D eigenvalue weighted by Gasteiger charge is -2.38. The van der Waals surface area contributed by atoms with Crippen molar-refractivity contribution >= 4 is 39.6 Å². The zero-order valence-electron chi connectivity index (χ0n) is 32.8. The summed E-state index contributed by atoms with van der Waals surface area (Å²) in [6.07, 6.45) is 13.2. The largest absolute Gasteiger partial charge is 0.342 e. The van der Waals surface area contributed by atoms with E-state index in [-0.39, 0.29) is 34.3 Å². The van der Waals surface area contributed by atoms with Crippen molar-refractivity contribution in [2.75, 3.05) is 6.54 Å². The molecule has 15 heteroatoms. The van der Waals surface area contributed by atoms with Gasteiger partial charge in [0.1, 0.15) is 35.7 Å². The van der Waals surface area contributed by atoms with Gasteiger partial charge in [0.2, 0.25) is 27.7 Å². The minimum absolute atomic E-state index is 0.0258. The number of carbonyl (C=O) groups is 5. The average Bonchev–Trinajstić information content (AvgIpc) is 4.07. The van der Waals surface area contributed by atoms with Crippen molar-refractivity contribution in [1.82, 2.24) is 35.5 Å². The van der Waals surface area contributed by atoms with Crippen molar-refractivity contribution in [2.45, 2.75) is 141 Å². The molecule has 300 valence electrons. The molecule has 6 fully saturated rings. The predicted octanol–water partition coefficient (Wildman–Crippen LogP) is 3.15. The smallest absolute Gasteiger partial charge is 0.270 e. The Morgan fingerprint density at radius 3 is 2.18 bits per heavy atom. The lowest BCUT2D eigenvalue weighted by Crippen LogP contribution is -2.62. The van der Waals surface area contributed by atoms with Gasteiger partial charge in [0.25, 0.3) is 11.8 Å². The van der Waals surface area contributed by atoms with Crippen molar-refractivity contribution in [3.05, 3.63) is 36.9 Å². The molecule has 7 rings (SSSR count). The highest BCUT2D eigenvalue weighted by molar-refractivity contribution is 7.91. The molecule has 0 unspecified atom stereocenters. The Bertz CT molecular complexity index is 1870. The number of sulfonamides is 1. The summed E-state index contributed by atoms with van der Waals surface area (Å²) in [4.78, 5) is 80.6. The Morgan fingerprint density at radius 1 is 0.964 bits per heavy atom. The van der Waals surface area contributed by atoms with Gasteiger partial charge in [-0.1, -0.05) is 66.4 Å². The van der Waals surface area contributed by atoms with Crippen LogP contribution in [0.2, 0.25) is 0 Å². The first kappa shape index (κ1) is 39.4. The van der Waals surface area contributed by atoms with Crippen LogP contribution < -0.4 is 20.7 Å². The van der Waals surface area contributed by atoms with Crippen LogP contribution >= 0.6 is 0 Å². The molecule has 6 atom stereocenters. The fourth-order valence-corrected chi connectivity index (χ4v) is 12.0. The molecule has 5 amide bonds. The Labute approximate surface area is 324 Å². The number of fused-ring (bicyclic) bond motifs is 1. The van der Waals surface area contributed by atoms with Gasteiger partial charge >= 0.3 is 0 Å². The maximum absolute atomic E-state index is 15.1. The van der Waals surface area contributed by atoms with E-state index in [1.54, 1.807) is 11.0 Å². The third-order valence-electron chi connectivity index (χ3n) is 14.6. The summed E-state index contributed by atoms with van der Waals surface area (Å²) in [7, 11) is -3.88. The van der Waals surface area contributed by atoms with Crippen molar-refractivity contribution in [3.63, 3.8) is 0 Å². The molecular formula is C40H57N7O7S. The van der Waals surface area contributed by atoms with Crippen LogP contribution in [0.15, 0.2) is 31.2 Å². The topological polar surface area (TPSA) is 197 Å². The molecule has 0 bridgehead atoms. The number of hydrogen-bond donors (Lipinski definition) is 4. The normalized spacial score (nSPS) is 30.4. The predicted molar refractivity (Wildman–Crippen MR) is 203 cm³/mol. The van der Waals surface area contributed by atoms with Crippen molar-refractivity contribution in [1.29, 1.82) is 0 Å². The van der Waals surface area contributed by atoms with Crippen LogP contribution in [-0.4, -0.2) is 88.3 Å². The maximum Gasteiger partial charge on any atom is 0.270 e. The van der Waals surface area contributed by atoms with E-state index in [4.69, 9.17) is 0 Å². The van der Waals surface area contributed by atoms with Crippen molar-refractivity contribution < 1.29 is 32.4 Å². The number of rotatable bonds is 12. The van der Waals surface area contributed by atoms with Crippen molar-refractivity contribution in [3.8, 4) is 0 Å². The molecule has 1 aromatic rings. The minimum atomic E-state index is -3.88. The third kappa shape index (κ3) is 6.55. The van der Waals surface area contributed by atoms with Crippen LogP contribution in [0.3, 0.4) is 0 Å². The summed E-state index contributed by atoms with van der Waals surface area (Å²) in [5.41, 5.74) is -2.68. The van der Waals surface area contributed by atoms with Gasteiger partial charge in [-0.15, -0.1) is 6.58 Å². The molecule has 4 N–H and O–H groups in total. The second kappa shape index (κ2) is 13.7. The highest BCUT2D eigenvalue weighted by Gasteiger charge is 2.85. The Kier molecular flexibility index (Phi) is 9.77. The number of hydrogen-bond acceptors (Lipinski definition) is 9. The molecule has 14 nitrogen and oxygen atoms in total. The average molecular weight is 780 g/mol. The quantitative estimate of drug-likeness (QED) is 0.231. The van der Waals surface area contributed by atoms with Crippen LogP contribution in [0.1, 0.15) is 122 Å². The van der Waals surface area contributed by atoms with E-state index >= 15 is 4.79 Å². The molecular weight excluding hydrogens is 723 g/mol. The second-order valence-corrected chi connectivity index (χ2v) is 20.7. The van der Waals surface area contributed by atoms with Gasteiger partial charge in [0.05, 0.1) is 5.25 Å². The fourth-order valence-electron chi connectivity index (χ4n) is 10.6. The second-order valence-electron chi connectivity index (χ2n) is 18.8. The number of aromatic nitrogens is 2. The lowest BCUT2D eigenvalue weighted by molar-refractivity contribution is -0.145. The fraction of sp³-hybridized carbons (Fsp3) is 0.725. The Morgan fingerprint density at radius 2 is 1.65 bits per heavy atom. The summed E-state index contributed by atoms with van der Waals surface area (Å²) in [6, 6.07) is -1.46. The number of amides is 5. The van der Waals surface area contributed by atoms with Gasteiger partial charge < -0.3 is 20.9 Å². The number of nitrogens with zero attached hydrogens (tertiary/aromatic N) is 3. The van der Waals surface area contributed by atoms with Crippen LogP contribution in [0.25, 0.3) is 0 Å². The number of likely N-dealkylation sites (tertiary alicyclic amines) is 1. The van der Waals surface area contributed by atoms with Gasteiger partial charge in [-0.05, 0) is 79.6 Å². The summed E-state index contributed by atoms with van der Waals surface area (Å²) < 4.78 is 27.8. The van der Waals surface area contributed by atoms with Gasteiger partial charge in [-0.25, -0.2) is 18.4 Å². The zero-order chi connectivity index (χ0) is 39.8. The van der Waals surface area contributed by atoms with Crippen molar-refractivity contribution in [2.24, 2.45) is 33.5 Å². The van der Waals surface area contributed by atoms with E-state index in [9.17, 15) is 27.6 Å². The van der Waals surface area contributed by atoms with Gasteiger partial charge in [-0.3, -0.25) is 28.7 Å². The Balaban J connectivity index is 1.16. The van der Waals surface area contributed by atoms with Gasteiger partial charge in [0.15, 0.2) is 0 Å². The molecule has 1 aromatic heterocycles. The molecule has 5 saturated carbocycles. The van der Waals surface area contributed by atoms with E-state index < -0.39 is 79.8 Å². The highest BCUT2D eigenvalue weighted by atomic mass is 32.2. The molecule has 1 aliphatic heterocycles. The SMILES string of the molecule is C=C[C@@H]1C[C@]1(NC(=O)[C@@H]1C[C@@]2(CN1C(=O)[C@@H](NC(=O)[C@@H](NC(=O)c1ccncn1)C1CCCCC1)C(C)(C)C)C(C)(C)C21CCC1)C(=O)NS(=O)(=O)C1CC1. The van der Waals surface area contributed by atoms with Crippen LogP contribution in [0.4, 0.5) is 0 Å². The van der Waals surface area contributed by atoms with E-state index in [0.717, 1.165) is 51.4 Å². The lowest BCUT2D eigenvalue weighted by atomic mass is 9.73. The summed E-state index contributed by atoms with van der Waals surface area (Å²) >= 11 is 0. The van der Waals surface area contributed by atoms with Gasteiger partial charge in [-0.2, -0.15) is 0 Å². The van der Waals surface area contributed by atoms with E-state index in [1.807, 2.05) is 20.8 Å². The number of carbonyl (C=O) groups excluding carboxylic acids is 5. The first-order chi connectivity index (χ1) is 25.8. The van der Waals surface area contributed by atoms with Gasteiger partial charge in [0, 0.05) is 24.1 Å². The van der Waals surface area contributed by atoms with E-state index in [0.29, 0.717) is 25.8 Å². The standard InChI is InChI=1S/C40H57N7O7S/c1-7-25-20-40(25,35(52)46-55(53,54)26-14-15-26)45-32(49)28-21-39(37(5,6)38(39)17-11-18-38)22-47(28)34(51)30(36(2,3)4)44-33(50)29(24-12-9-8-10-13-24)43-31(48)27-16-19-41-23-42-27/h7,16,19,23-26,28-30H,1,8-15,17-18,20-22H2,2-6H3,(H,43,48)(H,44,50)(H,45,49)(H,46,52)/t25-,28+,29+,30-,39-,40-/m1/s1. The molecule has 1 saturated heterocycles. The zero-order valence-corrected chi connectivity index (χ0v) is 33.6. The van der Waals surface area contributed by atoms with E-state index in [1.165, 1.54) is 18.6 Å². The van der Waals surface area contributed by atoms with Crippen LogP contribution in [0, 0.1) is 33.5 Å². The Hall–Kier alpha value is -3.88.